The van der Waals surface area contributed by atoms with Crippen molar-refractivity contribution in [2.75, 3.05) is 0 Å². The fourth-order valence-corrected chi connectivity index (χ4v) is 3.00. The molecule has 0 saturated carbocycles. The van der Waals surface area contributed by atoms with Crippen LogP contribution in [0.2, 0.25) is 0 Å². The molecule has 0 unspecified atom stereocenters. The predicted octanol–water partition coefficient (Wildman–Crippen LogP) is 5.17. The van der Waals surface area contributed by atoms with Crippen molar-refractivity contribution >= 4 is 11.8 Å². The zero-order valence-corrected chi connectivity index (χ0v) is 13.9. The van der Waals surface area contributed by atoms with E-state index in [1.807, 2.05) is 12.1 Å². The summed E-state index contributed by atoms with van der Waals surface area (Å²) in [6.07, 6.45) is 0. The Hall–Kier alpha value is -1.32. The fraction of sp³-hybridized carbons (Fsp3) is 0.333. The second kappa shape index (κ2) is 6.63. The Morgan fingerprint density at radius 1 is 1.10 bits per heavy atom. The van der Waals surface area contributed by atoms with Gasteiger partial charge in [-0.1, -0.05) is 29.5 Å². The Morgan fingerprint density at radius 3 is 2.52 bits per heavy atom. The molecule has 0 radical (unpaired) electrons. The maximum atomic E-state index is 13.5. The Kier molecular flexibility index (Phi) is 5.07. The largest absolute Gasteiger partial charge is 0.308 e. The topological polar surface area (TPSA) is 12.0 Å². The van der Waals surface area contributed by atoms with E-state index in [0.717, 1.165) is 10.5 Å². The minimum atomic E-state index is -0.186. The highest BCUT2D eigenvalue weighted by molar-refractivity contribution is 7.99. The van der Waals surface area contributed by atoms with Gasteiger partial charge in [-0.2, -0.15) is 0 Å². The van der Waals surface area contributed by atoms with Gasteiger partial charge in [-0.15, -0.1) is 0 Å². The van der Waals surface area contributed by atoms with E-state index in [9.17, 15) is 4.39 Å². The highest BCUT2D eigenvalue weighted by atomic mass is 32.2. The van der Waals surface area contributed by atoms with Crippen molar-refractivity contribution in [3.05, 3.63) is 59.4 Å². The molecule has 0 aliphatic carbocycles. The first kappa shape index (κ1) is 16.1. The van der Waals surface area contributed by atoms with Crippen molar-refractivity contribution in [1.29, 1.82) is 0 Å². The van der Waals surface area contributed by atoms with Crippen LogP contribution >= 0.6 is 11.8 Å². The third-order valence-electron chi connectivity index (χ3n) is 3.05. The highest BCUT2D eigenvalue weighted by Crippen LogP contribution is 2.31. The second-order valence-electron chi connectivity index (χ2n) is 6.27. The van der Waals surface area contributed by atoms with Crippen LogP contribution in [0.15, 0.2) is 52.3 Å². The summed E-state index contributed by atoms with van der Waals surface area (Å²) in [5, 5.41) is 3.42. The van der Waals surface area contributed by atoms with E-state index in [1.165, 1.54) is 16.5 Å². The molecule has 0 aliphatic heterocycles. The summed E-state index contributed by atoms with van der Waals surface area (Å²) >= 11 is 1.68. The molecule has 3 heteroatoms. The summed E-state index contributed by atoms with van der Waals surface area (Å²) in [6, 6.07) is 13.4. The van der Waals surface area contributed by atoms with Crippen molar-refractivity contribution in [3.8, 4) is 0 Å². The van der Waals surface area contributed by atoms with E-state index in [-0.39, 0.29) is 11.4 Å². The summed E-state index contributed by atoms with van der Waals surface area (Å²) in [4.78, 5) is 2.28. The summed E-state index contributed by atoms with van der Waals surface area (Å²) in [5.41, 5.74) is 2.24. The average molecular weight is 303 g/mol. The number of nitrogens with one attached hydrogen (secondary N) is 1. The Balaban J connectivity index is 2.22. The van der Waals surface area contributed by atoms with Gasteiger partial charge in [-0.25, -0.2) is 4.39 Å². The van der Waals surface area contributed by atoms with Crippen molar-refractivity contribution in [3.63, 3.8) is 0 Å². The van der Waals surface area contributed by atoms with Gasteiger partial charge in [0, 0.05) is 21.9 Å². The molecule has 0 aliphatic rings. The van der Waals surface area contributed by atoms with Crippen molar-refractivity contribution < 1.29 is 4.39 Å². The lowest BCUT2D eigenvalue weighted by Gasteiger charge is -2.21. The van der Waals surface area contributed by atoms with Gasteiger partial charge in [0.05, 0.1) is 0 Å². The van der Waals surface area contributed by atoms with Gasteiger partial charge < -0.3 is 5.32 Å². The van der Waals surface area contributed by atoms with E-state index < -0.39 is 0 Å². The SMILES string of the molecule is Cc1cccc(Sc2ccc(F)cc2CNC(C)(C)C)c1. The second-order valence-corrected chi connectivity index (χ2v) is 7.39. The molecule has 0 saturated heterocycles. The van der Waals surface area contributed by atoms with Gasteiger partial charge >= 0.3 is 0 Å². The van der Waals surface area contributed by atoms with Crippen LogP contribution in [-0.2, 0) is 6.54 Å². The molecular weight excluding hydrogens is 281 g/mol. The van der Waals surface area contributed by atoms with Crippen LogP contribution in [0.5, 0.6) is 0 Å². The third kappa shape index (κ3) is 5.18. The lowest BCUT2D eigenvalue weighted by molar-refractivity contribution is 0.422. The smallest absolute Gasteiger partial charge is 0.123 e. The number of benzene rings is 2. The third-order valence-corrected chi connectivity index (χ3v) is 4.16. The van der Waals surface area contributed by atoms with E-state index in [0.29, 0.717) is 6.54 Å². The number of halogens is 1. The molecule has 0 heterocycles. The van der Waals surface area contributed by atoms with E-state index in [1.54, 1.807) is 17.8 Å². The van der Waals surface area contributed by atoms with E-state index in [2.05, 4.69) is 51.2 Å². The van der Waals surface area contributed by atoms with Gasteiger partial charge in [0.2, 0.25) is 0 Å². The quantitative estimate of drug-likeness (QED) is 0.836. The lowest BCUT2D eigenvalue weighted by Crippen LogP contribution is -2.35. The predicted molar refractivity (Wildman–Crippen MR) is 88.3 cm³/mol. The molecule has 0 spiro atoms. The molecule has 1 N–H and O–H groups in total. The summed E-state index contributed by atoms with van der Waals surface area (Å²) < 4.78 is 13.5. The Labute approximate surface area is 131 Å². The molecule has 2 aromatic carbocycles. The first-order valence-corrected chi connectivity index (χ1v) is 7.93. The number of hydrogen-bond acceptors (Lipinski definition) is 2. The maximum Gasteiger partial charge on any atom is 0.123 e. The van der Waals surface area contributed by atoms with Crippen molar-refractivity contribution in [2.24, 2.45) is 0 Å². The first-order valence-electron chi connectivity index (χ1n) is 7.11. The molecule has 21 heavy (non-hydrogen) atoms. The van der Waals surface area contributed by atoms with Crippen molar-refractivity contribution in [1.82, 2.24) is 5.32 Å². The van der Waals surface area contributed by atoms with Crippen LogP contribution in [0.3, 0.4) is 0 Å². The summed E-state index contributed by atoms with van der Waals surface area (Å²) in [6.45, 7) is 9.07. The van der Waals surface area contributed by atoms with Crippen LogP contribution < -0.4 is 5.32 Å². The average Bonchev–Trinajstić information content (AvgIpc) is 2.38. The normalized spacial score (nSPS) is 11.7. The number of hydrogen-bond donors (Lipinski definition) is 1. The van der Waals surface area contributed by atoms with Gasteiger partial charge in [0.1, 0.15) is 5.82 Å². The minimum absolute atomic E-state index is 0.0115. The molecule has 1 nitrogen and oxygen atoms in total. The summed E-state index contributed by atoms with van der Waals surface area (Å²) in [7, 11) is 0. The van der Waals surface area contributed by atoms with Gasteiger partial charge in [0.25, 0.3) is 0 Å². The van der Waals surface area contributed by atoms with Gasteiger partial charge in [-0.05, 0) is 63.6 Å². The molecule has 0 bridgehead atoms. The van der Waals surface area contributed by atoms with Crippen molar-refractivity contribution in [2.45, 2.75) is 49.6 Å². The minimum Gasteiger partial charge on any atom is -0.308 e. The molecular formula is C18H22FNS. The van der Waals surface area contributed by atoms with Gasteiger partial charge in [-0.3, -0.25) is 0 Å². The highest BCUT2D eigenvalue weighted by Gasteiger charge is 2.12. The zero-order valence-electron chi connectivity index (χ0n) is 13.0. The Morgan fingerprint density at radius 2 is 1.86 bits per heavy atom. The van der Waals surface area contributed by atoms with E-state index >= 15 is 0 Å². The molecule has 112 valence electrons. The fourth-order valence-electron chi connectivity index (χ4n) is 1.95. The monoisotopic (exact) mass is 303 g/mol. The zero-order chi connectivity index (χ0) is 15.5. The standard InChI is InChI=1S/C18H22FNS/c1-13-6-5-7-16(10-13)21-17-9-8-15(19)11-14(17)12-20-18(2,3)4/h5-11,20H,12H2,1-4H3. The number of aryl methyl sites for hydroxylation is 1. The van der Waals surface area contributed by atoms with Crippen LogP contribution in [0.1, 0.15) is 31.9 Å². The van der Waals surface area contributed by atoms with Gasteiger partial charge in [0.15, 0.2) is 0 Å². The van der Waals surface area contributed by atoms with Crippen LogP contribution in [-0.4, -0.2) is 5.54 Å². The molecule has 0 fully saturated rings. The van der Waals surface area contributed by atoms with Crippen LogP contribution in [0.4, 0.5) is 4.39 Å². The molecule has 0 atom stereocenters. The number of rotatable bonds is 4. The van der Waals surface area contributed by atoms with E-state index in [4.69, 9.17) is 0 Å². The van der Waals surface area contributed by atoms with Crippen LogP contribution in [0.25, 0.3) is 0 Å². The summed E-state index contributed by atoms with van der Waals surface area (Å²) in [5.74, 6) is -0.186. The Bertz CT molecular complexity index is 617. The molecule has 2 aromatic rings. The first-order chi connectivity index (χ1) is 9.83. The molecule has 0 amide bonds. The molecule has 0 aromatic heterocycles. The van der Waals surface area contributed by atoms with Crippen LogP contribution in [0, 0.1) is 12.7 Å². The molecule has 2 rings (SSSR count). The maximum absolute atomic E-state index is 13.5. The lowest BCUT2D eigenvalue weighted by atomic mass is 10.1.